The number of hydrogen-bond donors (Lipinski definition) is 2. The lowest BCUT2D eigenvalue weighted by molar-refractivity contribution is 0.240. The van der Waals surface area contributed by atoms with Gasteiger partial charge in [-0.15, -0.1) is 0 Å². The van der Waals surface area contributed by atoms with Gasteiger partial charge in [-0.25, -0.2) is 13.4 Å². The number of sulfonamides is 1. The van der Waals surface area contributed by atoms with Crippen LogP contribution in [0.15, 0.2) is 11.2 Å². The molecule has 21 heavy (non-hydrogen) atoms. The predicted molar refractivity (Wildman–Crippen MR) is 80.7 cm³/mol. The maximum atomic E-state index is 12.6. The summed E-state index contributed by atoms with van der Waals surface area (Å²) < 4.78 is 28.5. The highest BCUT2D eigenvalue weighted by atomic mass is 32.2. The Morgan fingerprint density at radius 2 is 2.05 bits per heavy atom. The lowest BCUT2D eigenvalue weighted by Crippen LogP contribution is -2.47. The van der Waals surface area contributed by atoms with Crippen LogP contribution >= 0.6 is 0 Å². The highest BCUT2D eigenvalue weighted by Crippen LogP contribution is 2.32. The van der Waals surface area contributed by atoms with E-state index in [2.05, 4.69) is 4.98 Å². The number of nitrogens with one attached hydrogen (secondary N) is 1. The molecule has 3 N–H and O–H groups in total. The fourth-order valence-electron chi connectivity index (χ4n) is 2.55. The van der Waals surface area contributed by atoms with Crippen molar-refractivity contribution in [1.29, 1.82) is 5.41 Å². The maximum absolute atomic E-state index is 12.6. The van der Waals surface area contributed by atoms with Gasteiger partial charge in [0.25, 0.3) is 10.0 Å². The van der Waals surface area contributed by atoms with E-state index in [1.165, 1.54) is 4.31 Å². The van der Waals surface area contributed by atoms with Gasteiger partial charge >= 0.3 is 0 Å². The van der Waals surface area contributed by atoms with Crippen LogP contribution in [0.3, 0.4) is 0 Å². The molecule has 1 aromatic rings. The molecule has 2 rings (SSSR count). The molecule has 0 unspecified atom stereocenters. The molecule has 0 bridgehead atoms. The Balaban J connectivity index is 2.20. The molecule has 1 aliphatic rings. The van der Waals surface area contributed by atoms with E-state index in [-0.39, 0.29) is 10.9 Å². The predicted octanol–water partition coefficient (Wildman–Crippen LogP) is 0.938. The van der Waals surface area contributed by atoms with E-state index < -0.39 is 15.4 Å². The van der Waals surface area contributed by atoms with Gasteiger partial charge in [-0.1, -0.05) is 6.92 Å². The van der Waals surface area contributed by atoms with Crippen LogP contribution in [0.25, 0.3) is 0 Å². The van der Waals surface area contributed by atoms with Crippen LogP contribution in [0.2, 0.25) is 0 Å². The summed E-state index contributed by atoms with van der Waals surface area (Å²) in [5, 5.41) is 7.73. The first kappa shape index (κ1) is 16.0. The summed E-state index contributed by atoms with van der Waals surface area (Å²) in [4.78, 5) is 4.17. The molecular weight excluding hydrogens is 290 g/mol. The molecule has 1 fully saturated rings. The fraction of sp³-hybridized carbons (Fsp3) is 0.692. The number of nitrogens with two attached hydrogens (primary N) is 1. The number of hydrogen-bond acceptors (Lipinski definition) is 4. The Hall–Kier alpha value is -1.41. The molecule has 0 radical (unpaired) electrons. The number of piperidine rings is 1. The van der Waals surface area contributed by atoms with Gasteiger partial charge in [0.05, 0.1) is 5.84 Å². The monoisotopic (exact) mass is 313 g/mol. The van der Waals surface area contributed by atoms with Crippen LogP contribution in [-0.2, 0) is 16.6 Å². The third-order valence-corrected chi connectivity index (χ3v) is 6.15. The minimum atomic E-state index is -3.56. The summed E-state index contributed by atoms with van der Waals surface area (Å²) in [7, 11) is -3.56. The molecule has 0 aliphatic carbocycles. The lowest BCUT2D eigenvalue weighted by Gasteiger charge is -2.37. The molecule has 0 spiro atoms. The van der Waals surface area contributed by atoms with Gasteiger partial charge in [0.15, 0.2) is 5.03 Å². The van der Waals surface area contributed by atoms with Gasteiger partial charge in [0.1, 0.15) is 5.82 Å². The second-order valence-corrected chi connectivity index (χ2v) is 7.68. The van der Waals surface area contributed by atoms with Crippen molar-refractivity contribution in [3.05, 3.63) is 12.0 Å². The molecular formula is C13H23N5O2S. The molecule has 118 valence electrons. The topological polar surface area (TPSA) is 105 Å². The van der Waals surface area contributed by atoms with Crippen LogP contribution < -0.4 is 5.73 Å². The average Bonchev–Trinajstić information content (AvgIpc) is 2.81. The normalized spacial score (nSPS) is 19.6. The maximum Gasteiger partial charge on any atom is 0.262 e. The van der Waals surface area contributed by atoms with Crippen LogP contribution in [-0.4, -0.2) is 41.2 Å². The van der Waals surface area contributed by atoms with E-state index in [4.69, 9.17) is 11.1 Å². The molecule has 8 heteroatoms. The second kappa shape index (κ2) is 5.42. The minimum absolute atomic E-state index is 0.105. The third kappa shape index (κ3) is 2.82. The zero-order chi connectivity index (χ0) is 15.8. The standard InChI is InChI=1S/C13H23N5O2S/c1-4-17-9-11(16-10(17)2)21(19,20)18-7-5-13(3,6-8-18)12(14)15/h9H,4-8H2,1-3H3,(H3,14,15). The van der Waals surface area contributed by atoms with Crippen molar-refractivity contribution in [3.63, 3.8) is 0 Å². The summed E-state index contributed by atoms with van der Waals surface area (Å²) in [5.74, 6) is 0.826. The Kier molecular flexibility index (Phi) is 4.12. The van der Waals surface area contributed by atoms with Crippen LogP contribution in [0.1, 0.15) is 32.5 Å². The van der Waals surface area contributed by atoms with Crippen LogP contribution in [0, 0.1) is 17.7 Å². The van der Waals surface area contributed by atoms with Crippen molar-refractivity contribution in [2.75, 3.05) is 13.1 Å². The number of rotatable bonds is 4. The van der Waals surface area contributed by atoms with Crippen molar-refractivity contribution < 1.29 is 8.42 Å². The molecule has 0 amide bonds. The first-order valence-corrected chi connectivity index (χ1v) is 8.53. The van der Waals surface area contributed by atoms with Crippen molar-refractivity contribution in [2.45, 2.75) is 45.2 Å². The fourth-order valence-corrected chi connectivity index (χ4v) is 3.98. The zero-order valence-electron chi connectivity index (χ0n) is 12.8. The van der Waals surface area contributed by atoms with Crippen molar-refractivity contribution >= 4 is 15.9 Å². The van der Waals surface area contributed by atoms with E-state index in [1.54, 1.807) is 13.1 Å². The van der Waals surface area contributed by atoms with Crippen molar-refractivity contribution in [2.24, 2.45) is 11.1 Å². The average molecular weight is 313 g/mol. The van der Waals surface area contributed by atoms with Crippen molar-refractivity contribution in [3.8, 4) is 0 Å². The summed E-state index contributed by atoms with van der Waals surface area (Å²) in [5.41, 5.74) is 5.21. The third-order valence-electron chi connectivity index (χ3n) is 4.38. The van der Waals surface area contributed by atoms with Gasteiger partial charge in [-0.05, 0) is 26.7 Å². The molecule has 1 aliphatic heterocycles. The van der Waals surface area contributed by atoms with E-state index in [9.17, 15) is 8.42 Å². The highest BCUT2D eigenvalue weighted by Gasteiger charge is 2.38. The molecule has 1 saturated heterocycles. The number of amidine groups is 1. The zero-order valence-corrected chi connectivity index (χ0v) is 13.6. The molecule has 0 saturated carbocycles. The van der Waals surface area contributed by atoms with E-state index in [1.807, 2.05) is 18.4 Å². The Morgan fingerprint density at radius 1 is 1.48 bits per heavy atom. The minimum Gasteiger partial charge on any atom is -0.387 e. The van der Waals surface area contributed by atoms with E-state index in [0.29, 0.717) is 38.3 Å². The van der Waals surface area contributed by atoms with Crippen LogP contribution in [0.5, 0.6) is 0 Å². The molecule has 1 aromatic heterocycles. The molecule has 2 heterocycles. The van der Waals surface area contributed by atoms with Gasteiger partial charge in [0, 0.05) is 31.2 Å². The van der Waals surface area contributed by atoms with Gasteiger partial charge < -0.3 is 10.3 Å². The van der Waals surface area contributed by atoms with Gasteiger partial charge in [-0.2, -0.15) is 4.31 Å². The van der Waals surface area contributed by atoms with Crippen LogP contribution in [0.4, 0.5) is 0 Å². The Labute approximate surface area is 125 Å². The van der Waals surface area contributed by atoms with Gasteiger partial charge in [0.2, 0.25) is 0 Å². The largest absolute Gasteiger partial charge is 0.387 e. The smallest absolute Gasteiger partial charge is 0.262 e. The summed E-state index contributed by atoms with van der Waals surface area (Å²) in [6, 6.07) is 0. The van der Waals surface area contributed by atoms with E-state index in [0.717, 1.165) is 0 Å². The number of aromatic nitrogens is 2. The SMILES string of the molecule is CCn1cc(S(=O)(=O)N2CCC(C)(C(=N)N)CC2)nc1C. The molecule has 7 nitrogen and oxygen atoms in total. The summed E-state index contributed by atoms with van der Waals surface area (Å²) in [6.07, 6.45) is 2.72. The van der Waals surface area contributed by atoms with E-state index >= 15 is 0 Å². The Bertz CT molecular complexity index is 642. The summed E-state index contributed by atoms with van der Waals surface area (Å²) >= 11 is 0. The quantitative estimate of drug-likeness (QED) is 0.637. The molecule has 0 atom stereocenters. The highest BCUT2D eigenvalue weighted by molar-refractivity contribution is 7.89. The number of aryl methyl sites for hydroxylation is 2. The first-order chi connectivity index (χ1) is 9.70. The Morgan fingerprint density at radius 3 is 2.48 bits per heavy atom. The number of nitrogens with zero attached hydrogens (tertiary/aromatic N) is 3. The number of imidazole rings is 1. The second-order valence-electron chi connectivity index (χ2n) is 5.79. The summed E-state index contributed by atoms with van der Waals surface area (Å²) in [6.45, 7) is 7.09. The molecule has 0 aromatic carbocycles. The van der Waals surface area contributed by atoms with Gasteiger partial charge in [-0.3, -0.25) is 5.41 Å². The van der Waals surface area contributed by atoms with Crippen molar-refractivity contribution in [1.82, 2.24) is 13.9 Å². The lowest BCUT2D eigenvalue weighted by atomic mass is 9.80. The first-order valence-electron chi connectivity index (χ1n) is 7.09.